The van der Waals surface area contributed by atoms with Crippen LogP contribution in [0.5, 0.6) is 0 Å². The van der Waals surface area contributed by atoms with E-state index in [-0.39, 0.29) is 30.8 Å². The Hall–Kier alpha value is -3.02. The first-order valence-corrected chi connectivity index (χ1v) is 7.44. The Bertz CT molecular complexity index is 762. The molecule has 0 aromatic heterocycles. The predicted octanol–water partition coefficient (Wildman–Crippen LogP) is 1.26. The number of hydrogen-bond donors (Lipinski definition) is 1. The van der Waals surface area contributed by atoms with Crippen molar-refractivity contribution in [3.05, 3.63) is 58.7 Å². The summed E-state index contributed by atoms with van der Waals surface area (Å²) in [6, 6.07) is 7.28. The van der Waals surface area contributed by atoms with Crippen LogP contribution in [-0.4, -0.2) is 28.9 Å². The summed E-state index contributed by atoms with van der Waals surface area (Å²) in [5.74, 6) is -0.920. The zero-order chi connectivity index (χ0) is 17.7. The molecular formula is C18H18N2O4. The molecule has 1 N–H and O–H groups in total. The van der Waals surface area contributed by atoms with Gasteiger partial charge in [0.05, 0.1) is 6.54 Å². The van der Waals surface area contributed by atoms with Crippen LogP contribution in [0.2, 0.25) is 0 Å². The maximum Gasteiger partial charge on any atom is 0.256 e. The Morgan fingerprint density at radius 2 is 1.96 bits per heavy atom. The standard InChI is InChI=1S/C18H18N2O4/c1-12(6-7-21)17(23)19-10-14-4-3-5-15(9-14)11-20-16(22)8-13(2)18(20)24/h3-9H,10-11H2,1-2H3,(H,19,23)/b12-6-. The third kappa shape index (κ3) is 4.04. The average Bonchev–Trinajstić information content (AvgIpc) is 2.79. The van der Waals surface area contributed by atoms with Gasteiger partial charge in [-0.3, -0.25) is 24.1 Å². The zero-order valence-corrected chi connectivity index (χ0v) is 13.5. The number of allylic oxidation sites excluding steroid dienone is 1. The van der Waals surface area contributed by atoms with E-state index in [1.165, 1.54) is 17.1 Å². The van der Waals surface area contributed by atoms with Crippen molar-refractivity contribution >= 4 is 24.0 Å². The number of nitrogens with zero attached hydrogens (tertiary/aromatic N) is 1. The number of aldehydes is 1. The van der Waals surface area contributed by atoms with Crippen molar-refractivity contribution in [3.63, 3.8) is 0 Å². The van der Waals surface area contributed by atoms with Crippen LogP contribution >= 0.6 is 0 Å². The number of hydrogen-bond acceptors (Lipinski definition) is 4. The fourth-order valence-corrected chi connectivity index (χ4v) is 2.31. The molecule has 0 radical (unpaired) electrons. The van der Waals surface area contributed by atoms with Crippen LogP contribution in [-0.2, 0) is 32.3 Å². The van der Waals surface area contributed by atoms with Gasteiger partial charge in [0, 0.05) is 23.8 Å². The van der Waals surface area contributed by atoms with Gasteiger partial charge in [-0.15, -0.1) is 0 Å². The molecule has 6 nitrogen and oxygen atoms in total. The number of carbonyl (C=O) groups is 4. The predicted molar refractivity (Wildman–Crippen MR) is 87.4 cm³/mol. The van der Waals surface area contributed by atoms with Gasteiger partial charge in [-0.05, 0) is 31.1 Å². The second-order valence-electron chi connectivity index (χ2n) is 5.55. The average molecular weight is 326 g/mol. The third-order valence-corrected chi connectivity index (χ3v) is 3.65. The summed E-state index contributed by atoms with van der Waals surface area (Å²) < 4.78 is 0. The zero-order valence-electron chi connectivity index (χ0n) is 13.5. The second-order valence-corrected chi connectivity index (χ2v) is 5.55. The maximum atomic E-state index is 11.9. The summed E-state index contributed by atoms with van der Waals surface area (Å²) in [7, 11) is 0. The smallest absolute Gasteiger partial charge is 0.256 e. The highest BCUT2D eigenvalue weighted by Gasteiger charge is 2.28. The summed E-state index contributed by atoms with van der Waals surface area (Å²) in [5.41, 5.74) is 2.40. The lowest BCUT2D eigenvalue weighted by Crippen LogP contribution is -2.30. The van der Waals surface area contributed by atoms with Gasteiger partial charge in [-0.2, -0.15) is 0 Å². The van der Waals surface area contributed by atoms with Crippen LogP contribution in [0.15, 0.2) is 47.6 Å². The Kier molecular flexibility index (Phi) is 5.42. The lowest BCUT2D eigenvalue weighted by molar-refractivity contribution is -0.137. The van der Waals surface area contributed by atoms with Gasteiger partial charge in [0.25, 0.3) is 11.8 Å². The van der Waals surface area contributed by atoms with Gasteiger partial charge in [-0.1, -0.05) is 24.3 Å². The molecule has 2 rings (SSSR count). The summed E-state index contributed by atoms with van der Waals surface area (Å²) in [4.78, 5) is 47.0. The molecule has 1 heterocycles. The van der Waals surface area contributed by atoms with Crippen molar-refractivity contribution < 1.29 is 19.2 Å². The molecule has 0 saturated heterocycles. The SMILES string of the molecule is CC1=CC(=O)N(Cc2cccc(CNC(=O)/C(C)=C\C=O)c2)C1=O. The first-order chi connectivity index (χ1) is 11.4. The molecule has 0 unspecified atom stereocenters. The van der Waals surface area contributed by atoms with Gasteiger partial charge in [0.1, 0.15) is 6.29 Å². The van der Waals surface area contributed by atoms with E-state index in [0.29, 0.717) is 17.4 Å². The van der Waals surface area contributed by atoms with E-state index < -0.39 is 0 Å². The van der Waals surface area contributed by atoms with Crippen molar-refractivity contribution in [1.82, 2.24) is 10.2 Å². The first-order valence-electron chi connectivity index (χ1n) is 7.44. The number of imide groups is 1. The summed E-state index contributed by atoms with van der Waals surface area (Å²) >= 11 is 0. The number of benzene rings is 1. The van der Waals surface area contributed by atoms with E-state index >= 15 is 0 Å². The molecule has 0 atom stereocenters. The normalized spacial score (nSPS) is 14.7. The van der Waals surface area contributed by atoms with E-state index in [1.54, 1.807) is 19.9 Å². The van der Waals surface area contributed by atoms with E-state index in [1.807, 2.05) is 18.2 Å². The summed E-state index contributed by atoms with van der Waals surface area (Å²) in [6.07, 6.45) is 3.09. The first kappa shape index (κ1) is 17.3. The van der Waals surface area contributed by atoms with Gasteiger partial charge < -0.3 is 5.32 Å². The maximum absolute atomic E-state index is 11.9. The Labute approximate surface area is 139 Å². The number of rotatable bonds is 6. The van der Waals surface area contributed by atoms with Gasteiger partial charge in [0.2, 0.25) is 5.91 Å². The molecule has 0 spiro atoms. The topological polar surface area (TPSA) is 83.6 Å². The minimum absolute atomic E-state index is 0.192. The number of nitrogens with one attached hydrogen (secondary N) is 1. The second kappa shape index (κ2) is 7.50. The lowest BCUT2D eigenvalue weighted by atomic mass is 10.1. The van der Waals surface area contributed by atoms with Gasteiger partial charge in [0.15, 0.2) is 0 Å². The monoisotopic (exact) mass is 326 g/mol. The molecule has 24 heavy (non-hydrogen) atoms. The van der Waals surface area contributed by atoms with Gasteiger partial charge in [-0.25, -0.2) is 0 Å². The Balaban J connectivity index is 2.01. The summed E-state index contributed by atoms with van der Waals surface area (Å²) in [5, 5.41) is 2.71. The van der Waals surface area contributed by atoms with E-state index in [4.69, 9.17) is 0 Å². The van der Waals surface area contributed by atoms with E-state index in [9.17, 15) is 19.2 Å². The molecule has 0 bridgehead atoms. The van der Waals surface area contributed by atoms with Crippen molar-refractivity contribution in [2.24, 2.45) is 0 Å². The number of carbonyl (C=O) groups excluding carboxylic acids is 4. The molecule has 6 heteroatoms. The van der Waals surface area contributed by atoms with Crippen molar-refractivity contribution in [2.75, 3.05) is 0 Å². The van der Waals surface area contributed by atoms with Crippen LogP contribution in [0, 0.1) is 0 Å². The van der Waals surface area contributed by atoms with Crippen LogP contribution in [0.25, 0.3) is 0 Å². The molecule has 1 aliphatic heterocycles. The molecule has 1 aromatic rings. The molecule has 3 amide bonds. The highest BCUT2D eigenvalue weighted by atomic mass is 16.2. The lowest BCUT2D eigenvalue weighted by Gasteiger charge is -2.15. The van der Waals surface area contributed by atoms with Crippen LogP contribution in [0.4, 0.5) is 0 Å². The third-order valence-electron chi connectivity index (χ3n) is 3.65. The molecule has 1 aliphatic rings. The fraction of sp³-hybridized carbons (Fsp3) is 0.222. The quantitative estimate of drug-likeness (QED) is 0.485. The van der Waals surface area contributed by atoms with Crippen LogP contribution in [0.1, 0.15) is 25.0 Å². The molecule has 1 aromatic carbocycles. The highest BCUT2D eigenvalue weighted by Crippen LogP contribution is 2.16. The molecular weight excluding hydrogens is 308 g/mol. The highest BCUT2D eigenvalue weighted by molar-refractivity contribution is 6.15. The van der Waals surface area contributed by atoms with Crippen molar-refractivity contribution in [1.29, 1.82) is 0 Å². The van der Waals surface area contributed by atoms with E-state index in [2.05, 4.69) is 5.32 Å². The minimum atomic E-state index is -0.322. The molecule has 124 valence electrons. The van der Waals surface area contributed by atoms with Crippen LogP contribution in [0.3, 0.4) is 0 Å². The molecule has 0 aliphatic carbocycles. The van der Waals surface area contributed by atoms with Crippen molar-refractivity contribution in [2.45, 2.75) is 26.9 Å². The minimum Gasteiger partial charge on any atom is -0.348 e. The largest absolute Gasteiger partial charge is 0.348 e. The van der Waals surface area contributed by atoms with Gasteiger partial charge >= 0.3 is 0 Å². The molecule has 0 saturated carbocycles. The Morgan fingerprint density at radius 1 is 1.25 bits per heavy atom. The van der Waals surface area contributed by atoms with Crippen molar-refractivity contribution in [3.8, 4) is 0 Å². The summed E-state index contributed by atoms with van der Waals surface area (Å²) in [6.45, 7) is 3.65. The number of amides is 3. The fourth-order valence-electron chi connectivity index (χ4n) is 2.31. The Morgan fingerprint density at radius 3 is 2.58 bits per heavy atom. The van der Waals surface area contributed by atoms with E-state index in [0.717, 1.165) is 11.1 Å². The van der Waals surface area contributed by atoms with Crippen LogP contribution < -0.4 is 5.32 Å². The molecule has 0 fully saturated rings.